The molecular formula is C10H8FNO3S. The van der Waals surface area contributed by atoms with Gasteiger partial charge < -0.3 is 5.11 Å². The van der Waals surface area contributed by atoms with Gasteiger partial charge in [0.25, 0.3) is 0 Å². The molecule has 6 heteroatoms. The normalized spacial score (nSPS) is 11.8. The Balaban J connectivity index is 2.88. The van der Waals surface area contributed by atoms with Crippen molar-refractivity contribution >= 4 is 16.8 Å². The summed E-state index contributed by atoms with van der Waals surface area (Å²) in [5.41, 5.74) is 0.474. The van der Waals surface area contributed by atoms with Crippen molar-refractivity contribution in [2.24, 2.45) is 0 Å². The topological polar surface area (TPSA) is 78.2 Å². The summed E-state index contributed by atoms with van der Waals surface area (Å²) in [5, 5.41) is 17.1. The maximum Gasteiger partial charge on any atom is 0.316 e. The highest BCUT2D eigenvalue weighted by atomic mass is 32.2. The van der Waals surface area contributed by atoms with Gasteiger partial charge in [0.2, 0.25) is 0 Å². The van der Waals surface area contributed by atoms with Gasteiger partial charge in [0.15, 0.2) is 0 Å². The molecule has 1 aromatic carbocycles. The number of carboxylic acid groups (broad SMARTS) is 1. The summed E-state index contributed by atoms with van der Waals surface area (Å²) in [6, 6.07) is 5.34. The van der Waals surface area contributed by atoms with Crippen LogP contribution in [0.2, 0.25) is 0 Å². The van der Waals surface area contributed by atoms with E-state index >= 15 is 0 Å². The minimum atomic E-state index is -1.64. The summed E-state index contributed by atoms with van der Waals surface area (Å²) in [4.78, 5) is 10.3. The fraction of sp³-hybridized carbons (Fsp3) is 0.200. The van der Waals surface area contributed by atoms with Crippen molar-refractivity contribution in [1.82, 2.24) is 0 Å². The Morgan fingerprint density at radius 3 is 2.81 bits per heavy atom. The van der Waals surface area contributed by atoms with Crippen molar-refractivity contribution in [3.8, 4) is 6.07 Å². The zero-order chi connectivity index (χ0) is 12.1. The molecule has 0 spiro atoms. The molecule has 1 N–H and O–H groups in total. The van der Waals surface area contributed by atoms with Gasteiger partial charge in [-0.2, -0.15) is 5.26 Å². The van der Waals surface area contributed by atoms with Crippen LogP contribution in [0.15, 0.2) is 18.2 Å². The van der Waals surface area contributed by atoms with E-state index in [1.807, 2.05) is 6.07 Å². The SMILES string of the molecule is N#Cc1ccc(F)cc1CS(=O)CC(=O)O. The first-order chi connectivity index (χ1) is 7.52. The molecule has 0 bridgehead atoms. The van der Waals surface area contributed by atoms with Crippen LogP contribution < -0.4 is 0 Å². The first-order valence-corrected chi connectivity index (χ1v) is 5.77. The number of hydrogen-bond donors (Lipinski definition) is 1. The highest BCUT2D eigenvalue weighted by molar-refractivity contribution is 7.84. The molecule has 0 aliphatic heterocycles. The molecule has 4 nitrogen and oxygen atoms in total. The van der Waals surface area contributed by atoms with E-state index in [-0.39, 0.29) is 16.9 Å². The predicted molar refractivity (Wildman–Crippen MR) is 55.5 cm³/mol. The molecule has 0 saturated carbocycles. The Morgan fingerprint density at radius 2 is 2.25 bits per heavy atom. The summed E-state index contributed by atoms with van der Waals surface area (Å²) in [5.74, 6) is -2.37. The molecule has 1 rings (SSSR count). The number of rotatable bonds is 4. The lowest BCUT2D eigenvalue weighted by Crippen LogP contribution is -2.11. The molecule has 0 fully saturated rings. The molecule has 0 saturated heterocycles. The molecule has 0 aliphatic rings. The summed E-state index contributed by atoms with van der Waals surface area (Å²) < 4.78 is 24.2. The number of benzene rings is 1. The van der Waals surface area contributed by atoms with Crippen LogP contribution in [0.25, 0.3) is 0 Å². The number of halogens is 1. The first-order valence-electron chi connectivity index (χ1n) is 4.28. The van der Waals surface area contributed by atoms with Crippen LogP contribution in [0.1, 0.15) is 11.1 Å². The van der Waals surface area contributed by atoms with Gasteiger partial charge in [-0.05, 0) is 23.8 Å². The zero-order valence-corrected chi connectivity index (χ0v) is 8.96. The van der Waals surface area contributed by atoms with Crippen molar-refractivity contribution in [2.45, 2.75) is 5.75 Å². The average Bonchev–Trinajstić information content (AvgIpc) is 2.16. The number of carboxylic acids is 1. The summed E-state index contributed by atoms with van der Waals surface area (Å²) in [6.07, 6.45) is 0. The Kier molecular flexibility index (Phi) is 4.14. The van der Waals surface area contributed by atoms with E-state index in [4.69, 9.17) is 10.4 Å². The molecular weight excluding hydrogens is 233 g/mol. The summed E-state index contributed by atoms with van der Waals surface area (Å²) in [6.45, 7) is 0. The van der Waals surface area contributed by atoms with E-state index in [0.717, 1.165) is 12.1 Å². The Morgan fingerprint density at radius 1 is 1.56 bits per heavy atom. The second-order valence-corrected chi connectivity index (χ2v) is 4.49. The van der Waals surface area contributed by atoms with Crippen molar-refractivity contribution < 1.29 is 18.5 Å². The summed E-state index contributed by atoms with van der Waals surface area (Å²) in [7, 11) is -1.64. The van der Waals surface area contributed by atoms with E-state index in [1.54, 1.807) is 0 Å². The highest BCUT2D eigenvalue weighted by Gasteiger charge is 2.10. The number of carbonyl (C=O) groups is 1. The monoisotopic (exact) mass is 241 g/mol. The third kappa shape index (κ3) is 3.44. The molecule has 0 radical (unpaired) electrons. The van der Waals surface area contributed by atoms with Crippen molar-refractivity contribution in [2.75, 3.05) is 5.75 Å². The molecule has 1 unspecified atom stereocenters. The van der Waals surface area contributed by atoms with Gasteiger partial charge >= 0.3 is 5.97 Å². The Labute approximate surface area is 93.8 Å². The largest absolute Gasteiger partial charge is 0.481 e. The van der Waals surface area contributed by atoms with E-state index in [0.29, 0.717) is 0 Å². The van der Waals surface area contributed by atoms with E-state index in [1.165, 1.54) is 6.07 Å². The first kappa shape index (κ1) is 12.3. The Bertz CT molecular complexity index is 481. The van der Waals surface area contributed by atoms with Crippen molar-refractivity contribution in [3.05, 3.63) is 35.1 Å². The van der Waals surface area contributed by atoms with Crippen LogP contribution in [-0.4, -0.2) is 21.0 Å². The van der Waals surface area contributed by atoms with Crippen LogP contribution in [0.3, 0.4) is 0 Å². The van der Waals surface area contributed by atoms with Gasteiger partial charge in [-0.1, -0.05) is 0 Å². The van der Waals surface area contributed by atoms with Crippen LogP contribution in [0, 0.1) is 17.1 Å². The summed E-state index contributed by atoms with van der Waals surface area (Å²) >= 11 is 0. The minimum Gasteiger partial charge on any atom is -0.481 e. The predicted octanol–water partition coefficient (Wildman–Crippen LogP) is 1.03. The van der Waals surface area contributed by atoms with Crippen LogP contribution in [-0.2, 0) is 21.3 Å². The van der Waals surface area contributed by atoms with Gasteiger partial charge in [-0.25, -0.2) is 4.39 Å². The van der Waals surface area contributed by atoms with Crippen molar-refractivity contribution in [1.29, 1.82) is 5.26 Å². The zero-order valence-electron chi connectivity index (χ0n) is 8.14. The maximum absolute atomic E-state index is 12.9. The van der Waals surface area contributed by atoms with E-state index in [9.17, 15) is 13.4 Å². The van der Waals surface area contributed by atoms with E-state index in [2.05, 4.69) is 0 Å². The lowest BCUT2D eigenvalue weighted by Gasteiger charge is -2.02. The molecule has 0 aromatic heterocycles. The molecule has 0 aliphatic carbocycles. The fourth-order valence-corrected chi connectivity index (χ4v) is 2.12. The van der Waals surface area contributed by atoms with Crippen LogP contribution in [0.5, 0.6) is 0 Å². The number of hydrogen-bond acceptors (Lipinski definition) is 3. The third-order valence-corrected chi connectivity index (χ3v) is 2.99. The van der Waals surface area contributed by atoms with Gasteiger partial charge in [0, 0.05) is 10.8 Å². The highest BCUT2D eigenvalue weighted by Crippen LogP contribution is 2.12. The van der Waals surface area contributed by atoms with Crippen LogP contribution in [0.4, 0.5) is 4.39 Å². The van der Waals surface area contributed by atoms with Crippen molar-refractivity contribution in [3.63, 3.8) is 0 Å². The quantitative estimate of drug-likeness (QED) is 0.854. The lowest BCUT2D eigenvalue weighted by molar-refractivity contribution is -0.133. The molecule has 84 valence electrons. The number of nitrogens with zero attached hydrogens (tertiary/aromatic N) is 1. The standard InChI is InChI=1S/C10H8FNO3S/c11-9-2-1-7(4-12)8(3-9)5-16(15)6-10(13)14/h1-3H,5-6H2,(H,13,14). The maximum atomic E-state index is 12.9. The molecule has 1 atom stereocenters. The Hall–Kier alpha value is -1.74. The molecule has 0 amide bonds. The molecule has 0 heterocycles. The smallest absolute Gasteiger partial charge is 0.316 e. The molecule has 16 heavy (non-hydrogen) atoms. The second kappa shape index (κ2) is 5.37. The van der Waals surface area contributed by atoms with Gasteiger partial charge in [-0.3, -0.25) is 9.00 Å². The molecule has 1 aromatic rings. The van der Waals surface area contributed by atoms with E-state index < -0.39 is 28.3 Å². The van der Waals surface area contributed by atoms with Crippen LogP contribution >= 0.6 is 0 Å². The number of nitriles is 1. The lowest BCUT2D eigenvalue weighted by atomic mass is 10.1. The second-order valence-electron chi connectivity index (χ2n) is 3.04. The minimum absolute atomic E-state index is 0.132. The number of aliphatic carboxylic acids is 1. The average molecular weight is 241 g/mol. The van der Waals surface area contributed by atoms with Gasteiger partial charge in [0.1, 0.15) is 11.6 Å². The fourth-order valence-electron chi connectivity index (χ4n) is 1.15. The van der Waals surface area contributed by atoms with Gasteiger partial charge in [0.05, 0.1) is 17.4 Å². The third-order valence-electron chi connectivity index (χ3n) is 1.79. The van der Waals surface area contributed by atoms with Gasteiger partial charge in [-0.15, -0.1) is 0 Å².